The predicted molar refractivity (Wildman–Crippen MR) is 161 cm³/mol. The summed E-state index contributed by atoms with van der Waals surface area (Å²) in [5.41, 5.74) is 4.41. The number of nitrogens with zero attached hydrogens (tertiary/aromatic N) is 4. The fraction of sp³-hybridized carbons (Fsp3) is 0.312. The second-order valence-electron chi connectivity index (χ2n) is 9.74. The van der Waals surface area contributed by atoms with Crippen LogP contribution < -0.4 is 18.9 Å². The van der Waals surface area contributed by atoms with Crippen molar-refractivity contribution in [3.05, 3.63) is 60.2 Å². The van der Waals surface area contributed by atoms with Crippen molar-refractivity contribution in [3.63, 3.8) is 0 Å². The van der Waals surface area contributed by atoms with Gasteiger partial charge in [0.2, 0.25) is 0 Å². The fourth-order valence-corrected chi connectivity index (χ4v) is 5.05. The van der Waals surface area contributed by atoms with Gasteiger partial charge in [-0.3, -0.25) is 4.79 Å². The molecule has 1 fully saturated rings. The van der Waals surface area contributed by atoms with E-state index in [1.807, 2.05) is 36.4 Å². The van der Waals surface area contributed by atoms with E-state index in [1.165, 1.54) is 0 Å². The molecule has 0 aliphatic carbocycles. The smallest absolute Gasteiger partial charge is 0.409 e. The van der Waals surface area contributed by atoms with Crippen LogP contribution in [-0.2, 0) is 4.74 Å². The van der Waals surface area contributed by atoms with Gasteiger partial charge in [0.15, 0.2) is 23.0 Å². The SMILES string of the molecule is CCOC(=O)N1CCN(C(=O)c2ccc3nc(-c4ccc(OC)c(OC)c4)c(-c4ccc(OC)c(OC)c4)nc3c2)CC1. The Hall–Kier alpha value is -5.06. The number of piperazine rings is 1. The molecule has 2 heterocycles. The molecule has 0 unspecified atom stereocenters. The van der Waals surface area contributed by atoms with Gasteiger partial charge in [-0.15, -0.1) is 0 Å². The summed E-state index contributed by atoms with van der Waals surface area (Å²) in [6, 6.07) is 16.4. The van der Waals surface area contributed by atoms with Gasteiger partial charge in [-0.1, -0.05) is 0 Å². The Kier molecular flexibility index (Phi) is 8.79. The lowest BCUT2D eigenvalue weighted by atomic mass is 10.0. The summed E-state index contributed by atoms with van der Waals surface area (Å²) in [5, 5.41) is 0. The first-order valence-electron chi connectivity index (χ1n) is 13.9. The van der Waals surface area contributed by atoms with Gasteiger partial charge in [-0.2, -0.15) is 0 Å². The van der Waals surface area contributed by atoms with Crippen molar-refractivity contribution in [2.24, 2.45) is 0 Å². The Morgan fingerprint density at radius 3 is 1.67 bits per heavy atom. The first kappa shape index (κ1) is 29.4. The first-order chi connectivity index (χ1) is 20.9. The zero-order valence-electron chi connectivity index (χ0n) is 24.9. The summed E-state index contributed by atoms with van der Waals surface area (Å²) in [4.78, 5) is 38.9. The number of carbonyl (C=O) groups is 2. The number of hydrogen-bond donors (Lipinski definition) is 0. The molecule has 1 saturated heterocycles. The number of carbonyl (C=O) groups excluding carboxylic acids is 2. The summed E-state index contributed by atoms with van der Waals surface area (Å²) < 4.78 is 27.1. The number of aromatic nitrogens is 2. The highest BCUT2D eigenvalue weighted by molar-refractivity contribution is 5.98. The summed E-state index contributed by atoms with van der Waals surface area (Å²) in [6.45, 7) is 3.74. The molecule has 0 saturated carbocycles. The van der Waals surface area contributed by atoms with E-state index in [2.05, 4.69) is 0 Å². The third-order valence-corrected chi connectivity index (χ3v) is 7.32. The molecule has 1 aromatic heterocycles. The molecule has 2 amide bonds. The van der Waals surface area contributed by atoms with Gasteiger partial charge in [0.05, 0.1) is 57.5 Å². The zero-order valence-corrected chi connectivity index (χ0v) is 24.9. The minimum absolute atomic E-state index is 0.135. The molecule has 0 bridgehead atoms. The van der Waals surface area contributed by atoms with Crippen molar-refractivity contribution < 1.29 is 33.3 Å². The van der Waals surface area contributed by atoms with Gasteiger partial charge in [0, 0.05) is 42.9 Å². The maximum absolute atomic E-state index is 13.5. The quantitative estimate of drug-likeness (QED) is 0.284. The molecule has 1 aliphatic rings. The number of fused-ring (bicyclic) bond motifs is 1. The lowest BCUT2D eigenvalue weighted by Crippen LogP contribution is -2.50. The fourth-order valence-electron chi connectivity index (χ4n) is 5.05. The van der Waals surface area contributed by atoms with Crippen LogP contribution in [0.2, 0.25) is 0 Å². The summed E-state index contributed by atoms with van der Waals surface area (Å²) >= 11 is 0. The monoisotopic (exact) mass is 586 g/mol. The van der Waals surface area contributed by atoms with Gasteiger partial charge in [-0.25, -0.2) is 14.8 Å². The van der Waals surface area contributed by atoms with Crippen LogP contribution in [0.15, 0.2) is 54.6 Å². The Morgan fingerprint density at radius 1 is 0.651 bits per heavy atom. The number of hydrogen-bond acceptors (Lipinski definition) is 9. The van der Waals surface area contributed by atoms with Gasteiger partial charge in [0.25, 0.3) is 5.91 Å². The number of amides is 2. The van der Waals surface area contributed by atoms with Crippen molar-refractivity contribution >= 4 is 23.0 Å². The van der Waals surface area contributed by atoms with Crippen LogP contribution in [0.25, 0.3) is 33.5 Å². The second-order valence-corrected chi connectivity index (χ2v) is 9.74. The van der Waals surface area contributed by atoms with Gasteiger partial charge in [0.1, 0.15) is 0 Å². The molecule has 0 N–H and O–H groups in total. The Morgan fingerprint density at radius 2 is 1.16 bits per heavy atom. The minimum Gasteiger partial charge on any atom is -0.493 e. The van der Waals surface area contributed by atoms with Crippen LogP contribution >= 0.6 is 0 Å². The third kappa shape index (κ3) is 5.97. The molecule has 11 heteroatoms. The largest absolute Gasteiger partial charge is 0.493 e. The molecular formula is C32H34N4O7. The normalized spacial score (nSPS) is 13.0. The Labute approximate surface area is 249 Å². The van der Waals surface area contributed by atoms with E-state index < -0.39 is 0 Å². The first-order valence-corrected chi connectivity index (χ1v) is 13.9. The molecule has 0 atom stereocenters. The van der Waals surface area contributed by atoms with Crippen LogP contribution in [0, 0.1) is 0 Å². The number of ether oxygens (including phenoxy) is 5. The maximum atomic E-state index is 13.5. The molecule has 224 valence electrons. The molecule has 0 spiro atoms. The van der Waals surface area contributed by atoms with Gasteiger partial charge in [-0.05, 0) is 61.5 Å². The second kappa shape index (κ2) is 12.8. The standard InChI is InChI=1S/C32H34N4O7/c1-6-43-32(38)36-15-13-35(14-16-36)31(37)22-7-10-23-24(17-22)34-30(21-9-12-26(40-3)28(19-21)42-5)29(33-23)20-8-11-25(39-2)27(18-20)41-4/h7-12,17-19H,6,13-16H2,1-5H3. The average molecular weight is 587 g/mol. The van der Waals surface area contributed by atoms with Crippen molar-refractivity contribution in [2.75, 3.05) is 61.2 Å². The highest BCUT2D eigenvalue weighted by Crippen LogP contribution is 2.39. The van der Waals surface area contributed by atoms with Crippen LogP contribution in [-0.4, -0.2) is 93.0 Å². The average Bonchev–Trinajstić information content (AvgIpc) is 3.06. The van der Waals surface area contributed by atoms with E-state index in [1.54, 1.807) is 63.4 Å². The molecule has 5 rings (SSSR count). The minimum atomic E-state index is -0.358. The van der Waals surface area contributed by atoms with E-state index in [4.69, 9.17) is 33.7 Å². The Bertz CT molecular complexity index is 1650. The van der Waals surface area contributed by atoms with Gasteiger partial charge >= 0.3 is 6.09 Å². The third-order valence-electron chi connectivity index (χ3n) is 7.32. The van der Waals surface area contributed by atoms with E-state index in [0.717, 1.165) is 11.1 Å². The Balaban J connectivity index is 1.56. The number of benzene rings is 3. The van der Waals surface area contributed by atoms with E-state index >= 15 is 0 Å². The topological polar surface area (TPSA) is 113 Å². The highest BCUT2D eigenvalue weighted by atomic mass is 16.6. The molecule has 43 heavy (non-hydrogen) atoms. The number of methoxy groups -OCH3 is 4. The van der Waals surface area contributed by atoms with E-state index in [-0.39, 0.29) is 12.0 Å². The summed E-state index contributed by atoms with van der Waals surface area (Å²) in [5.74, 6) is 2.15. The summed E-state index contributed by atoms with van der Waals surface area (Å²) in [6.07, 6.45) is -0.358. The van der Waals surface area contributed by atoms with Crippen molar-refractivity contribution in [2.45, 2.75) is 6.92 Å². The molecule has 4 aromatic rings. The molecule has 3 aromatic carbocycles. The van der Waals surface area contributed by atoms with E-state index in [0.29, 0.717) is 83.8 Å². The molecule has 0 radical (unpaired) electrons. The van der Waals surface area contributed by atoms with E-state index in [9.17, 15) is 9.59 Å². The van der Waals surface area contributed by atoms with Gasteiger partial charge < -0.3 is 33.5 Å². The molecular weight excluding hydrogens is 552 g/mol. The van der Waals surface area contributed by atoms with Crippen molar-refractivity contribution in [1.29, 1.82) is 0 Å². The molecule has 11 nitrogen and oxygen atoms in total. The van der Waals surface area contributed by atoms with Crippen molar-refractivity contribution in [1.82, 2.24) is 19.8 Å². The highest BCUT2D eigenvalue weighted by Gasteiger charge is 2.26. The van der Waals surface area contributed by atoms with Crippen LogP contribution in [0.1, 0.15) is 17.3 Å². The predicted octanol–water partition coefficient (Wildman–Crippen LogP) is 4.91. The summed E-state index contributed by atoms with van der Waals surface area (Å²) in [7, 11) is 6.32. The van der Waals surface area contributed by atoms with Crippen molar-refractivity contribution in [3.8, 4) is 45.5 Å². The van der Waals surface area contributed by atoms with Crippen LogP contribution in [0.3, 0.4) is 0 Å². The zero-order chi connectivity index (χ0) is 30.5. The molecule has 1 aliphatic heterocycles. The maximum Gasteiger partial charge on any atom is 0.409 e. The lowest BCUT2D eigenvalue weighted by molar-refractivity contribution is 0.0570. The lowest BCUT2D eigenvalue weighted by Gasteiger charge is -2.34. The van der Waals surface area contributed by atoms with Crippen LogP contribution in [0.5, 0.6) is 23.0 Å². The van der Waals surface area contributed by atoms with Crippen LogP contribution in [0.4, 0.5) is 4.79 Å². The number of rotatable bonds is 8.